The Hall–Kier alpha value is -4.11. The third-order valence-corrected chi connectivity index (χ3v) is 5.56. The van der Waals surface area contributed by atoms with E-state index in [0.29, 0.717) is 12.3 Å². The van der Waals surface area contributed by atoms with Crippen LogP contribution >= 0.6 is 0 Å². The van der Waals surface area contributed by atoms with Crippen molar-refractivity contribution in [3.8, 4) is 5.88 Å². The van der Waals surface area contributed by atoms with Gasteiger partial charge in [0.15, 0.2) is 11.8 Å². The first-order valence-electron chi connectivity index (χ1n) is 10.1. The molecule has 11 nitrogen and oxygen atoms in total. The fraction of sp³-hybridized carbons (Fsp3) is 0.368. The molecule has 2 atom stereocenters. The van der Waals surface area contributed by atoms with Gasteiger partial charge in [0.2, 0.25) is 11.8 Å². The monoisotopic (exact) mass is 498 g/mol. The van der Waals surface area contributed by atoms with Crippen LogP contribution in [0.1, 0.15) is 17.2 Å². The minimum absolute atomic E-state index is 0.0567. The van der Waals surface area contributed by atoms with E-state index in [1.807, 2.05) is 0 Å². The lowest BCUT2D eigenvalue weighted by atomic mass is 10.0. The number of aromatic nitrogens is 5. The summed E-state index contributed by atoms with van der Waals surface area (Å²) in [6.45, 7) is -1.23. The van der Waals surface area contributed by atoms with Crippen molar-refractivity contribution in [1.29, 1.82) is 0 Å². The first-order chi connectivity index (χ1) is 16.5. The molecule has 3 aromatic rings. The number of carbonyl (C=O) groups is 2. The summed E-state index contributed by atoms with van der Waals surface area (Å²) in [5.41, 5.74) is -0.555. The van der Waals surface area contributed by atoms with E-state index in [1.165, 1.54) is 11.0 Å². The molecule has 0 aliphatic carbocycles. The average Bonchev–Trinajstić information content (AvgIpc) is 3.37. The summed E-state index contributed by atoms with van der Waals surface area (Å²) >= 11 is 0. The van der Waals surface area contributed by atoms with Crippen LogP contribution in [-0.4, -0.2) is 68.4 Å². The topological polar surface area (TPSA) is 127 Å². The maximum absolute atomic E-state index is 14.8. The second kappa shape index (κ2) is 7.99. The minimum atomic E-state index is -4.62. The molecule has 16 heteroatoms. The zero-order valence-electron chi connectivity index (χ0n) is 17.5. The van der Waals surface area contributed by atoms with Crippen LogP contribution in [0.2, 0.25) is 0 Å². The number of nitrogens with zero attached hydrogens (tertiary/aromatic N) is 6. The molecule has 2 N–H and O–H groups in total. The molecule has 2 unspecified atom stereocenters. The SMILES string of the molecule is O=C1NCC(c2cc(N3CC(Oc4ccc(C(F)(F)F)cn4)C(F)(F)C3)c3ncnn3n2)C(=O)N1. The molecule has 0 radical (unpaired) electrons. The maximum Gasteiger partial charge on any atom is 0.417 e. The zero-order chi connectivity index (χ0) is 25.0. The van der Waals surface area contributed by atoms with Crippen molar-refractivity contribution in [1.82, 2.24) is 35.4 Å². The Balaban J connectivity index is 1.42. The van der Waals surface area contributed by atoms with Crippen LogP contribution in [0, 0.1) is 0 Å². The van der Waals surface area contributed by atoms with Crippen molar-refractivity contribution in [3.63, 3.8) is 0 Å². The summed E-state index contributed by atoms with van der Waals surface area (Å²) in [5.74, 6) is -5.30. The summed E-state index contributed by atoms with van der Waals surface area (Å²) in [4.78, 5) is 32.4. The van der Waals surface area contributed by atoms with Gasteiger partial charge in [-0.25, -0.2) is 23.5 Å². The van der Waals surface area contributed by atoms with Crippen LogP contribution in [0.15, 0.2) is 30.7 Å². The molecule has 0 aromatic carbocycles. The normalized spacial score (nSPS) is 22.3. The predicted octanol–water partition coefficient (Wildman–Crippen LogP) is 1.36. The van der Waals surface area contributed by atoms with E-state index >= 15 is 0 Å². The number of imide groups is 1. The van der Waals surface area contributed by atoms with Gasteiger partial charge in [-0.1, -0.05) is 0 Å². The summed E-state index contributed by atoms with van der Waals surface area (Å²) in [5, 5.41) is 12.7. The number of halogens is 5. The van der Waals surface area contributed by atoms with E-state index in [2.05, 4.69) is 30.8 Å². The van der Waals surface area contributed by atoms with Crippen LogP contribution in [0.3, 0.4) is 0 Å². The number of nitrogens with one attached hydrogen (secondary N) is 2. The second-order valence-corrected chi connectivity index (χ2v) is 7.91. The molecule has 3 aromatic heterocycles. The fourth-order valence-corrected chi connectivity index (χ4v) is 3.82. The second-order valence-electron chi connectivity index (χ2n) is 7.91. The summed E-state index contributed by atoms with van der Waals surface area (Å²) < 4.78 is 74.2. The lowest BCUT2D eigenvalue weighted by Gasteiger charge is -2.23. The number of alkyl halides is 5. The Morgan fingerprint density at radius 2 is 1.97 bits per heavy atom. The third kappa shape index (κ3) is 4.26. The maximum atomic E-state index is 14.8. The first-order valence-corrected chi connectivity index (χ1v) is 10.1. The van der Waals surface area contributed by atoms with Crippen LogP contribution in [0.4, 0.5) is 32.4 Å². The molecular weight excluding hydrogens is 483 g/mol. The summed E-state index contributed by atoms with van der Waals surface area (Å²) in [6.07, 6.45) is -4.70. The fourth-order valence-electron chi connectivity index (χ4n) is 3.82. The highest BCUT2D eigenvalue weighted by Crippen LogP contribution is 2.36. The van der Waals surface area contributed by atoms with Gasteiger partial charge in [-0.2, -0.15) is 18.3 Å². The van der Waals surface area contributed by atoms with Gasteiger partial charge in [-0.05, 0) is 12.1 Å². The number of pyridine rings is 1. The smallest absolute Gasteiger partial charge is 0.417 e. The van der Waals surface area contributed by atoms with Crippen molar-refractivity contribution in [2.75, 3.05) is 24.5 Å². The molecular formula is C19H15F5N8O3. The third-order valence-electron chi connectivity index (χ3n) is 5.56. The Kier molecular flexibility index (Phi) is 5.17. The highest BCUT2D eigenvalue weighted by atomic mass is 19.4. The van der Waals surface area contributed by atoms with Crippen molar-refractivity contribution < 1.29 is 36.3 Å². The van der Waals surface area contributed by atoms with Crippen LogP contribution in [0.25, 0.3) is 5.65 Å². The quantitative estimate of drug-likeness (QED) is 0.517. The molecule has 5 heterocycles. The van der Waals surface area contributed by atoms with Crippen LogP contribution in [-0.2, 0) is 11.0 Å². The molecule has 35 heavy (non-hydrogen) atoms. The Morgan fingerprint density at radius 1 is 1.17 bits per heavy atom. The number of carbonyl (C=O) groups excluding carboxylic acids is 2. The van der Waals surface area contributed by atoms with E-state index in [4.69, 9.17) is 4.74 Å². The summed E-state index contributed by atoms with van der Waals surface area (Å²) in [7, 11) is 0. The lowest BCUT2D eigenvalue weighted by Crippen LogP contribution is -2.51. The molecule has 2 aliphatic rings. The molecule has 2 saturated heterocycles. The lowest BCUT2D eigenvalue weighted by molar-refractivity contribution is -0.138. The molecule has 2 aliphatic heterocycles. The van der Waals surface area contributed by atoms with E-state index in [1.54, 1.807) is 0 Å². The van der Waals surface area contributed by atoms with Crippen molar-refractivity contribution >= 4 is 23.3 Å². The van der Waals surface area contributed by atoms with Gasteiger partial charge < -0.3 is 15.0 Å². The van der Waals surface area contributed by atoms with E-state index in [-0.39, 0.29) is 36.0 Å². The molecule has 2 fully saturated rings. The minimum Gasteiger partial charge on any atom is -0.466 e. The largest absolute Gasteiger partial charge is 0.466 e. The highest BCUT2D eigenvalue weighted by Gasteiger charge is 2.51. The van der Waals surface area contributed by atoms with Crippen molar-refractivity contribution in [3.05, 3.63) is 42.0 Å². The highest BCUT2D eigenvalue weighted by molar-refractivity contribution is 6.00. The molecule has 184 valence electrons. The van der Waals surface area contributed by atoms with Crippen LogP contribution in [0.5, 0.6) is 5.88 Å². The van der Waals surface area contributed by atoms with Crippen molar-refractivity contribution in [2.24, 2.45) is 0 Å². The Morgan fingerprint density at radius 3 is 2.66 bits per heavy atom. The van der Waals surface area contributed by atoms with Crippen molar-refractivity contribution in [2.45, 2.75) is 24.1 Å². The number of amides is 3. The number of fused-ring (bicyclic) bond motifs is 1. The van der Waals surface area contributed by atoms with Gasteiger partial charge in [-0.3, -0.25) is 10.1 Å². The number of ether oxygens (including phenoxy) is 1. The number of urea groups is 1. The number of rotatable bonds is 4. The summed E-state index contributed by atoms with van der Waals surface area (Å²) in [6, 6.07) is 2.31. The molecule has 5 rings (SSSR count). The number of hydrogen-bond donors (Lipinski definition) is 2. The van der Waals surface area contributed by atoms with Gasteiger partial charge in [0.05, 0.1) is 36.0 Å². The Labute approximate surface area is 192 Å². The van der Waals surface area contributed by atoms with Gasteiger partial charge in [0.1, 0.15) is 6.33 Å². The van der Waals surface area contributed by atoms with E-state index in [0.717, 1.165) is 17.0 Å². The molecule has 0 spiro atoms. The van der Waals surface area contributed by atoms with Gasteiger partial charge in [-0.15, -0.1) is 9.73 Å². The standard InChI is InChI=1S/C19H15F5N8O3/c20-18(21)7-31(6-13(18)35-14-2-1-9(4-25-14)19(22,23)24)12-3-11(30-32-15(12)27-8-28-32)10-5-26-17(34)29-16(10)33/h1-4,8,10,13H,5-7H2,(H2,26,29,33,34). The molecule has 0 saturated carbocycles. The van der Waals surface area contributed by atoms with Gasteiger partial charge in [0.25, 0.3) is 0 Å². The number of anilines is 1. The molecule has 3 amide bonds. The van der Waals surface area contributed by atoms with Gasteiger partial charge in [0, 0.05) is 18.8 Å². The van der Waals surface area contributed by atoms with Crippen LogP contribution < -0.4 is 20.3 Å². The van der Waals surface area contributed by atoms with Gasteiger partial charge >= 0.3 is 18.1 Å². The average molecular weight is 498 g/mol. The van der Waals surface area contributed by atoms with E-state index in [9.17, 15) is 31.5 Å². The van der Waals surface area contributed by atoms with E-state index < -0.39 is 48.2 Å². The zero-order valence-corrected chi connectivity index (χ0v) is 17.5. The predicted molar refractivity (Wildman–Crippen MR) is 106 cm³/mol. The first kappa shape index (κ1) is 22.7. The number of hydrogen-bond acceptors (Lipinski definition) is 8. The Bertz CT molecular complexity index is 1300. The molecule has 0 bridgehead atoms.